The van der Waals surface area contributed by atoms with E-state index in [2.05, 4.69) is 0 Å². The van der Waals surface area contributed by atoms with Gasteiger partial charge in [-0.05, 0) is 44.4 Å². The number of aryl methyl sites for hydroxylation is 1. The van der Waals surface area contributed by atoms with Crippen LogP contribution in [0.5, 0.6) is 0 Å². The van der Waals surface area contributed by atoms with Crippen LogP contribution in [0.25, 0.3) is 10.9 Å². The number of carbonyl (C=O) groups is 2. The summed E-state index contributed by atoms with van der Waals surface area (Å²) in [6, 6.07) is 14.7. The molecule has 2 aliphatic heterocycles. The first kappa shape index (κ1) is 24.5. The molecule has 190 valence electrons. The molecule has 2 aromatic carbocycles. The predicted molar refractivity (Wildman–Crippen MR) is 138 cm³/mol. The fourth-order valence-electron chi connectivity index (χ4n) is 5.33. The largest absolute Gasteiger partial charge is 0.372 e. The number of nitrogens with zero attached hydrogens (tertiary/aromatic N) is 3. The lowest BCUT2D eigenvalue weighted by Gasteiger charge is -2.35. The molecular formula is C27H31N3O5S. The number of morpholine rings is 1. The lowest BCUT2D eigenvalue weighted by Crippen LogP contribution is -2.49. The third-order valence-corrected chi connectivity index (χ3v) is 8.51. The van der Waals surface area contributed by atoms with Gasteiger partial charge in [0.2, 0.25) is 11.8 Å². The Morgan fingerprint density at radius 2 is 1.67 bits per heavy atom. The summed E-state index contributed by atoms with van der Waals surface area (Å²) in [7, 11) is -3.95. The van der Waals surface area contributed by atoms with Crippen molar-refractivity contribution in [3.63, 3.8) is 0 Å². The molecule has 2 amide bonds. The number of amides is 2. The van der Waals surface area contributed by atoms with E-state index in [0.29, 0.717) is 30.5 Å². The second-order valence-electron chi connectivity index (χ2n) is 9.73. The highest BCUT2D eigenvalue weighted by Crippen LogP contribution is 2.30. The average Bonchev–Trinajstić information content (AvgIpc) is 3.22. The van der Waals surface area contributed by atoms with Crippen molar-refractivity contribution in [3.05, 3.63) is 60.3 Å². The Morgan fingerprint density at radius 3 is 2.44 bits per heavy atom. The molecule has 1 fully saturated rings. The van der Waals surface area contributed by atoms with Gasteiger partial charge in [-0.15, -0.1) is 0 Å². The number of hydrogen-bond donors (Lipinski definition) is 0. The third-order valence-electron chi connectivity index (χ3n) is 6.89. The summed E-state index contributed by atoms with van der Waals surface area (Å²) in [6.07, 6.45) is 3.06. The molecule has 3 aromatic rings. The Balaban J connectivity index is 1.41. The second kappa shape index (κ2) is 9.71. The number of benzene rings is 2. The highest BCUT2D eigenvalue weighted by atomic mass is 32.2. The molecule has 0 N–H and O–H groups in total. The molecule has 0 bridgehead atoms. The molecule has 2 atom stereocenters. The normalized spacial score (nSPS) is 20.4. The molecule has 36 heavy (non-hydrogen) atoms. The Bertz CT molecular complexity index is 1400. The van der Waals surface area contributed by atoms with E-state index in [1.54, 1.807) is 32.6 Å². The fraction of sp³-hybridized carbons (Fsp3) is 0.407. The Labute approximate surface area is 211 Å². The van der Waals surface area contributed by atoms with E-state index < -0.39 is 21.5 Å². The zero-order valence-corrected chi connectivity index (χ0v) is 21.4. The Kier molecular flexibility index (Phi) is 6.61. The summed E-state index contributed by atoms with van der Waals surface area (Å²) in [5.74, 6) is -1.16. The third kappa shape index (κ3) is 4.77. The molecular weight excluding hydrogens is 478 g/mol. The van der Waals surface area contributed by atoms with Gasteiger partial charge in [0.25, 0.3) is 0 Å². The number of aromatic nitrogens is 1. The van der Waals surface area contributed by atoms with Crippen LogP contribution < -0.4 is 4.90 Å². The smallest absolute Gasteiger partial charge is 0.242 e. The van der Waals surface area contributed by atoms with Crippen LogP contribution in [0.1, 0.15) is 25.8 Å². The summed E-state index contributed by atoms with van der Waals surface area (Å²) in [5, 5.41) is 0.515. The van der Waals surface area contributed by atoms with Crippen molar-refractivity contribution in [1.29, 1.82) is 0 Å². The number of carbonyl (C=O) groups excluding carboxylic acids is 2. The van der Waals surface area contributed by atoms with Gasteiger partial charge in [0, 0.05) is 42.4 Å². The van der Waals surface area contributed by atoms with E-state index in [-0.39, 0.29) is 29.6 Å². The number of para-hydroxylation sites is 2. The van der Waals surface area contributed by atoms with Gasteiger partial charge >= 0.3 is 0 Å². The lowest BCUT2D eigenvalue weighted by molar-refractivity contribution is -0.143. The van der Waals surface area contributed by atoms with E-state index in [1.165, 1.54) is 6.20 Å². The maximum Gasteiger partial charge on any atom is 0.242 e. The molecule has 8 nitrogen and oxygen atoms in total. The van der Waals surface area contributed by atoms with E-state index in [1.807, 2.05) is 44.2 Å². The summed E-state index contributed by atoms with van der Waals surface area (Å²) >= 11 is 0. The van der Waals surface area contributed by atoms with Crippen LogP contribution in [0.2, 0.25) is 0 Å². The molecule has 0 aliphatic carbocycles. The number of ether oxygens (including phenoxy) is 1. The van der Waals surface area contributed by atoms with Gasteiger partial charge in [-0.3, -0.25) is 9.59 Å². The van der Waals surface area contributed by atoms with Gasteiger partial charge in [0.15, 0.2) is 9.84 Å². The van der Waals surface area contributed by atoms with Gasteiger partial charge in [0.1, 0.15) is 12.3 Å². The van der Waals surface area contributed by atoms with Crippen molar-refractivity contribution in [2.75, 3.05) is 30.3 Å². The van der Waals surface area contributed by atoms with Crippen LogP contribution in [-0.2, 0) is 37.1 Å². The van der Waals surface area contributed by atoms with E-state index >= 15 is 0 Å². The van der Waals surface area contributed by atoms with Gasteiger partial charge < -0.3 is 19.1 Å². The van der Waals surface area contributed by atoms with E-state index in [0.717, 1.165) is 24.1 Å². The number of fused-ring (bicyclic) bond motifs is 2. The van der Waals surface area contributed by atoms with Crippen molar-refractivity contribution in [2.45, 2.75) is 50.3 Å². The zero-order valence-electron chi connectivity index (χ0n) is 20.6. The van der Waals surface area contributed by atoms with Crippen molar-refractivity contribution < 1.29 is 22.7 Å². The molecule has 1 saturated heterocycles. The number of rotatable bonds is 5. The second-order valence-corrected chi connectivity index (χ2v) is 11.7. The quantitative estimate of drug-likeness (QED) is 0.528. The molecule has 3 heterocycles. The maximum absolute atomic E-state index is 13.5. The number of hydrogen-bond acceptors (Lipinski definition) is 5. The predicted octanol–water partition coefficient (Wildman–Crippen LogP) is 3.03. The fourth-order valence-corrected chi connectivity index (χ4v) is 6.76. The average molecular weight is 510 g/mol. The Hall–Kier alpha value is -3.17. The highest BCUT2D eigenvalue weighted by Gasteiger charge is 2.31. The Morgan fingerprint density at radius 1 is 0.972 bits per heavy atom. The first-order valence-corrected chi connectivity index (χ1v) is 14.0. The first-order chi connectivity index (χ1) is 17.2. The summed E-state index contributed by atoms with van der Waals surface area (Å²) < 4.78 is 34.5. The van der Waals surface area contributed by atoms with Gasteiger partial charge in [-0.25, -0.2) is 8.42 Å². The number of sulfone groups is 1. The van der Waals surface area contributed by atoms with Crippen molar-refractivity contribution in [3.8, 4) is 0 Å². The highest BCUT2D eigenvalue weighted by molar-refractivity contribution is 7.92. The van der Waals surface area contributed by atoms with Crippen molar-refractivity contribution in [1.82, 2.24) is 9.47 Å². The molecule has 2 unspecified atom stereocenters. The first-order valence-electron chi connectivity index (χ1n) is 12.3. The molecule has 9 heteroatoms. The summed E-state index contributed by atoms with van der Waals surface area (Å²) in [4.78, 5) is 29.7. The van der Waals surface area contributed by atoms with Crippen LogP contribution in [-0.4, -0.2) is 67.3 Å². The zero-order chi connectivity index (χ0) is 25.4. The topological polar surface area (TPSA) is 88.9 Å². The van der Waals surface area contributed by atoms with Crippen LogP contribution in [0, 0.1) is 0 Å². The molecule has 0 spiro atoms. The molecule has 2 aliphatic rings. The standard InChI is InChI=1S/C27H31N3O5S/c1-19-14-29(15-20(2)35-19)26(31)17-28-16-25(22-10-4-6-12-24(22)28)36(33,34)18-27(32)30-13-7-9-21-8-3-5-11-23(21)30/h3-6,8,10-12,16,19-20H,7,9,13-15,17-18H2,1-2H3. The SMILES string of the molecule is CC1CN(C(=O)Cn2cc(S(=O)(=O)CC(=O)N3CCCc4ccccc43)c3ccccc32)CC(C)O1. The number of anilines is 1. The van der Waals surface area contributed by atoms with Gasteiger partial charge in [0.05, 0.1) is 17.1 Å². The van der Waals surface area contributed by atoms with Gasteiger partial charge in [-0.2, -0.15) is 0 Å². The van der Waals surface area contributed by atoms with Crippen LogP contribution in [0.4, 0.5) is 5.69 Å². The molecule has 1 aromatic heterocycles. The lowest BCUT2D eigenvalue weighted by atomic mass is 10.0. The van der Waals surface area contributed by atoms with E-state index in [4.69, 9.17) is 4.74 Å². The van der Waals surface area contributed by atoms with Gasteiger partial charge in [-0.1, -0.05) is 36.4 Å². The minimum absolute atomic E-state index is 0.0168. The van der Waals surface area contributed by atoms with E-state index in [9.17, 15) is 18.0 Å². The molecule has 5 rings (SSSR count). The molecule has 0 saturated carbocycles. The minimum Gasteiger partial charge on any atom is -0.372 e. The summed E-state index contributed by atoms with van der Waals surface area (Å²) in [5.41, 5.74) is 2.48. The minimum atomic E-state index is -3.95. The summed E-state index contributed by atoms with van der Waals surface area (Å²) in [6.45, 7) is 5.38. The molecule has 0 radical (unpaired) electrons. The van der Waals surface area contributed by atoms with Crippen LogP contribution in [0.15, 0.2) is 59.6 Å². The van der Waals surface area contributed by atoms with Crippen molar-refractivity contribution in [2.24, 2.45) is 0 Å². The van der Waals surface area contributed by atoms with Crippen LogP contribution in [0.3, 0.4) is 0 Å². The monoisotopic (exact) mass is 509 g/mol. The maximum atomic E-state index is 13.5. The van der Waals surface area contributed by atoms with Crippen molar-refractivity contribution >= 4 is 38.2 Å². The van der Waals surface area contributed by atoms with Crippen LogP contribution >= 0.6 is 0 Å².